The van der Waals surface area contributed by atoms with E-state index in [1.807, 2.05) is 11.3 Å². The van der Waals surface area contributed by atoms with Crippen molar-refractivity contribution in [3.63, 3.8) is 0 Å². The number of rotatable bonds is 2. The van der Waals surface area contributed by atoms with Gasteiger partial charge in [-0.15, -0.1) is 11.3 Å². The summed E-state index contributed by atoms with van der Waals surface area (Å²) >= 11 is 7.85. The Bertz CT molecular complexity index is 933. The number of nitrogens with zero attached hydrogens (tertiary/aromatic N) is 2. The van der Waals surface area contributed by atoms with Crippen LogP contribution < -0.4 is 5.56 Å². The SMILES string of the molecule is CC1c2ccsc2CCN1Cc1nc2cc(Cl)ccc2c(=O)[nH]1. The van der Waals surface area contributed by atoms with Crippen molar-refractivity contribution in [2.75, 3.05) is 6.54 Å². The molecule has 0 spiro atoms. The first kappa shape index (κ1) is 14.9. The van der Waals surface area contributed by atoms with Gasteiger partial charge in [-0.3, -0.25) is 9.69 Å². The van der Waals surface area contributed by atoms with Crippen LogP contribution >= 0.6 is 22.9 Å². The predicted molar refractivity (Wildman–Crippen MR) is 94.2 cm³/mol. The molecular weight excluding hydrogens is 330 g/mol. The molecule has 1 N–H and O–H groups in total. The van der Waals surface area contributed by atoms with Gasteiger partial charge >= 0.3 is 0 Å². The van der Waals surface area contributed by atoms with Crippen LogP contribution in [0.2, 0.25) is 5.02 Å². The fourth-order valence-corrected chi connectivity index (χ4v) is 4.33. The number of thiophene rings is 1. The summed E-state index contributed by atoms with van der Waals surface area (Å²) in [4.78, 5) is 23.6. The molecule has 1 aromatic carbocycles. The molecule has 2 aromatic heterocycles. The van der Waals surface area contributed by atoms with E-state index in [9.17, 15) is 4.79 Å². The highest BCUT2D eigenvalue weighted by Crippen LogP contribution is 2.33. The molecule has 1 atom stereocenters. The predicted octanol–water partition coefficient (Wildman–Crippen LogP) is 3.76. The first-order valence-corrected chi connectivity index (χ1v) is 8.86. The van der Waals surface area contributed by atoms with Gasteiger partial charge in [0.15, 0.2) is 0 Å². The van der Waals surface area contributed by atoms with Crippen molar-refractivity contribution in [1.82, 2.24) is 14.9 Å². The van der Waals surface area contributed by atoms with Gasteiger partial charge in [0.2, 0.25) is 0 Å². The van der Waals surface area contributed by atoms with Gasteiger partial charge in [-0.2, -0.15) is 0 Å². The zero-order chi connectivity index (χ0) is 16.0. The molecule has 6 heteroatoms. The van der Waals surface area contributed by atoms with Crippen LogP contribution in [0.1, 0.15) is 29.2 Å². The van der Waals surface area contributed by atoms with Crippen molar-refractivity contribution < 1.29 is 0 Å². The first-order chi connectivity index (χ1) is 11.1. The molecule has 0 fully saturated rings. The number of halogens is 1. The van der Waals surface area contributed by atoms with Crippen LogP contribution in [-0.2, 0) is 13.0 Å². The minimum absolute atomic E-state index is 0.109. The molecule has 0 amide bonds. The molecule has 4 rings (SSSR count). The monoisotopic (exact) mass is 345 g/mol. The van der Waals surface area contributed by atoms with Crippen molar-refractivity contribution in [3.8, 4) is 0 Å². The fourth-order valence-electron chi connectivity index (χ4n) is 3.21. The Morgan fingerprint density at radius 2 is 2.30 bits per heavy atom. The Hall–Kier alpha value is -1.69. The first-order valence-electron chi connectivity index (χ1n) is 7.60. The summed E-state index contributed by atoms with van der Waals surface area (Å²) in [6.07, 6.45) is 1.06. The molecule has 0 saturated heterocycles. The molecule has 3 heterocycles. The Kier molecular flexibility index (Phi) is 3.71. The average molecular weight is 346 g/mol. The summed E-state index contributed by atoms with van der Waals surface area (Å²) < 4.78 is 0. The van der Waals surface area contributed by atoms with Gasteiger partial charge in [-0.05, 0) is 48.6 Å². The summed E-state index contributed by atoms with van der Waals surface area (Å²) in [6, 6.07) is 7.71. The van der Waals surface area contributed by atoms with Gasteiger partial charge in [0.1, 0.15) is 5.82 Å². The minimum Gasteiger partial charge on any atom is -0.309 e. The van der Waals surface area contributed by atoms with Crippen LogP contribution in [0.3, 0.4) is 0 Å². The van der Waals surface area contributed by atoms with Crippen molar-refractivity contribution in [2.45, 2.75) is 25.9 Å². The van der Waals surface area contributed by atoms with E-state index in [-0.39, 0.29) is 5.56 Å². The maximum atomic E-state index is 12.2. The van der Waals surface area contributed by atoms with E-state index in [0.717, 1.165) is 13.0 Å². The molecule has 0 aliphatic carbocycles. The van der Waals surface area contributed by atoms with E-state index >= 15 is 0 Å². The van der Waals surface area contributed by atoms with Crippen molar-refractivity contribution >= 4 is 33.8 Å². The molecule has 23 heavy (non-hydrogen) atoms. The Morgan fingerprint density at radius 3 is 3.17 bits per heavy atom. The van der Waals surface area contributed by atoms with Crippen LogP contribution in [0.5, 0.6) is 0 Å². The Labute approximate surface area is 142 Å². The van der Waals surface area contributed by atoms with Gasteiger partial charge in [0.05, 0.1) is 17.4 Å². The number of benzene rings is 1. The lowest BCUT2D eigenvalue weighted by Crippen LogP contribution is -2.33. The van der Waals surface area contributed by atoms with Gasteiger partial charge in [-0.25, -0.2) is 4.98 Å². The maximum Gasteiger partial charge on any atom is 0.258 e. The van der Waals surface area contributed by atoms with Crippen LogP contribution in [0, 0.1) is 0 Å². The third-order valence-electron chi connectivity index (χ3n) is 4.47. The molecular formula is C17H16ClN3OS. The lowest BCUT2D eigenvalue weighted by atomic mass is 10.0. The van der Waals surface area contributed by atoms with E-state index in [2.05, 4.69) is 33.2 Å². The quantitative estimate of drug-likeness (QED) is 0.769. The molecule has 1 aliphatic rings. The summed E-state index contributed by atoms with van der Waals surface area (Å²) in [7, 11) is 0. The second-order valence-electron chi connectivity index (χ2n) is 5.87. The molecule has 118 valence electrons. The largest absolute Gasteiger partial charge is 0.309 e. The summed E-state index contributed by atoms with van der Waals surface area (Å²) in [5.41, 5.74) is 1.94. The number of aromatic amines is 1. The normalized spacial score (nSPS) is 18.3. The highest BCUT2D eigenvalue weighted by molar-refractivity contribution is 7.10. The van der Waals surface area contributed by atoms with E-state index < -0.39 is 0 Å². The standard InChI is InChI=1S/C17H16ClN3OS/c1-10-12-5-7-23-15(12)4-6-21(10)9-16-19-14-8-11(18)2-3-13(14)17(22)20-16/h2-3,5,7-8,10H,4,6,9H2,1H3,(H,19,20,22). The summed E-state index contributed by atoms with van der Waals surface area (Å²) in [5, 5.41) is 3.32. The van der Waals surface area contributed by atoms with Gasteiger partial charge in [0.25, 0.3) is 5.56 Å². The lowest BCUT2D eigenvalue weighted by Gasteiger charge is -2.33. The summed E-state index contributed by atoms with van der Waals surface area (Å²) in [5.74, 6) is 0.690. The number of nitrogens with one attached hydrogen (secondary N) is 1. The smallest absolute Gasteiger partial charge is 0.258 e. The zero-order valence-corrected chi connectivity index (χ0v) is 14.2. The van der Waals surface area contributed by atoms with Crippen molar-refractivity contribution in [2.24, 2.45) is 0 Å². The second-order valence-corrected chi connectivity index (χ2v) is 7.31. The average Bonchev–Trinajstić information content (AvgIpc) is 2.99. The molecule has 4 nitrogen and oxygen atoms in total. The third-order valence-corrected chi connectivity index (χ3v) is 5.71. The topological polar surface area (TPSA) is 49.0 Å². The Balaban J connectivity index is 1.67. The molecule has 0 radical (unpaired) electrons. The number of fused-ring (bicyclic) bond motifs is 2. The zero-order valence-electron chi connectivity index (χ0n) is 12.7. The molecule has 1 aliphatic heterocycles. The van der Waals surface area contributed by atoms with Crippen LogP contribution in [0.15, 0.2) is 34.4 Å². The number of hydrogen-bond acceptors (Lipinski definition) is 4. The van der Waals surface area contributed by atoms with E-state index in [4.69, 9.17) is 11.6 Å². The molecule has 0 saturated carbocycles. The van der Waals surface area contributed by atoms with Gasteiger partial charge in [0, 0.05) is 22.5 Å². The molecule has 1 unspecified atom stereocenters. The molecule has 3 aromatic rings. The fraction of sp³-hybridized carbons (Fsp3) is 0.294. The van der Waals surface area contributed by atoms with E-state index in [1.165, 1.54) is 10.4 Å². The number of H-pyrrole nitrogens is 1. The molecule has 0 bridgehead atoms. The van der Waals surface area contributed by atoms with Gasteiger partial charge < -0.3 is 4.98 Å². The summed E-state index contributed by atoms with van der Waals surface area (Å²) in [6.45, 7) is 3.82. The Morgan fingerprint density at radius 1 is 1.43 bits per heavy atom. The number of hydrogen-bond donors (Lipinski definition) is 1. The van der Waals surface area contributed by atoms with Crippen LogP contribution in [0.25, 0.3) is 10.9 Å². The highest BCUT2D eigenvalue weighted by Gasteiger charge is 2.25. The highest BCUT2D eigenvalue weighted by atomic mass is 35.5. The van der Waals surface area contributed by atoms with E-state index in [1.54, 1.807) is 18.2 Å². The lowest BCUT2D eigenvalue weighted by molar-refractivity contribution is 0.186. The van der Waals surface area contributed by atoms with Crippen molar-refractivity contribution in [1.29, 1.82) is 0 Å². The third kappa shape index (κ3) is 2.69. The second kappa shape index (κ2) is 5.74. The van der Waals surface area contributed by atoms with Crippen molar-refractivity contribution in [3.05, 3.63) is 61.3 Å². The van der Waals surface area contributed by atoms with Gasteiger partial charge in [-0.1, -0.05) is 11.6 Å². The minimum atomic E-state index is -0.109. The van der Waals surface area contributed by atoms with E-state index in [0.29, 0.717) is 34.3 Å². The number of aromatic nitrogens is 2. The maximum absolute atomic E-state index is 12.2. The van der Waals surface area contributed by atoms with Crippen LogP contribution in [0.4, 0.5) is 0 Å². The van der Waals surface area contributed by atoms with Crippen LogP contribution in [-0.4, -0.2) is 21.4 Å².